The Kier molecular flexibility index (Phi) is 6.20. The second-order valence-electron chi connectivity index (χ2n) is 7.28. The van der Waals surface area contributed by atoms with E-state index < -0.39 is 0 Å². The fraction of sp³-hybridized carbons (Fsp3) is 0.292. The maximum atomic E-state index is 6.31. The van der Waals surface area contributed by atoms with Gasteiger partial charge in [0.2, 0.25) is 0 Å². The minimum atomic E-state index is 0.265. The van der Waals surface area contributed by atoms with Gasteiger partial charge < -0.3 is 14.4 Å². The van der Waals surface area contributed by atoms with E-state index in [1.165, 1.54) is 12.8 Å². The SMILES string of the molecule is COc1ccc(N(Cc2cccnc2)c2ccc(Cl)cc2)cc1OC1CCCC1. The van der Waals surface area contributed by atoms with E-state index in [0.29, 0.717) is 6.54 Å². The van der Waals surface area contributed by atoms with E-state index in [9.17, 15) is 0 Å². The number of pyridine rings is 1. The van der Waals surface area contributed by atoms with E-state index in [0.717, 1.165) is 46.3 Å². The van der Waals surface area contributed by atoms with Crippen LogP contribution in [0.3, 0.4) is 0 Å². The lowest BCUT2D eigenvalue weighted by Gasteiger charge is -2.26. The number of nitrogens with zero attached hydrogens (tertiary/aromatic N) is 2. The minimum Gasteiger partial charge on any atom is -0.493 e. The molecule has 1 heterocycles. The molecule has 0 bridgehead atoms. The fourth-order valence-electron chi connectivity index (χ4n) is 3.74. The summed E-state index contributed by atoms with van der Waals surface area (Å²) in [5, 5.41) is 0.718. The van der Waals surface area contributed by atoms with Crippen molar-refractivity contribution in [1.29, 1.82) is 0 Å². The molecule has 0 aliphatic heterocycles. The van der Waals surface area contributed by atoms with Crippen molar-refractivity contribution in [2.75, 3.05) is 12.0 Å². The number of rotatable bonds is 7. The third kappa shape index (κ3) is 4.83. The number of benzene rings is 2. The molecule has 1 aliphatic carbocycles. The first-order valence-electron chi connectivity index (χ1n) is 9.99. The molecule has 0 spiro atoms. The van der Waals surface area contributed by atoms with Crippen LogP contribution in [-0.4, -0.2) is 18.2 Å². The average molecular weight is 409 g/mol. The Balaban J connectivity index is 1.69. The summed E-state index contributed by atoms with van der Waals surface area (Å²) in [6, 6.07) is 18.0. The number of aromatic nitrogens is 1. The van der Waals surface area contributed by atoms with Gasteiger partial charge in [0.25, 0.3) is 0 Å². The van der Waals surface area contributed by atoms with Gasteiger partial charge >= 0.3 is 0 Å². The Hall–Kier alpha value is -2.72. The van der Waals surface area contributed by atoms with Crippen LogP contribution < -0.4 is 14.4 Å². The Bertz CT molecular complexity index is 925. The molecule has 0 atom stereocenters. The zero-order valence-electron chi connectivity index (χ0n) is 16.6. The lowest BCUT2D eigenvalue weighted by molar-refractivity contribution is 0.201. The number of hydrogen-bond acceptors (Lipinski definition) is 4. The molecule has 0 saturated heterocycles. The van der Waals surface area contributed by atoms with Crippen LogP contribution in [0.15, 0.2) is 67.0 Å². The van der Waals surface area contributed by atoms with Crippen molar-refractivity contribution in [2.24, 2.45) is 0 Å². The molecule has 0 radical (unpaired) electrons. The standard InChI is InChI=1S/C24H25ClN2O2/c1-28-23-13-12-21(15-24(23)29-22-6-2-3-7-22)27(17-18-5-4-14-26-16-18)20-10-8-19(25)9-11-20/h4-5,8-16,22H,2-3,6-7,17H2,1H3. The highest BCUT2D eigenvalue weighted by Crippen LogP contribution is 2.38. The summed E-state index contributed by atoms with van der Waals surface area (Å²) in [5.74, 6) is 1.56. The van der Waals surface area contributed by atoms with Crippen LogP contribution in [0.25, 0.3) is 0 Å². The van der Waals surface area contributed by atoms with Gasteiger partial charge in [0.05, 0.1) is 13.2 Å². The van der Waals surface area contributed by atoms with Crippen LogP contribution in [0.4, 0.5) is 11.4 Å². The van der Waals surface area contributed by atoms with Crippen molar-refractivity contribution in [3.63, 3.8) is 0 Å². The first kappa shape index (κ1) is 19.6. The van der Waals surface area contributed by atoms with Gasteiger partial charge in [-0.25, -0.2) is 0 Å². The second-order valence-corrected chi connectivity index (χ2v) is 7.72. The van der Waals surface area contributed by atoms with Gasteiger partial charge in [-0.15, -0.1) is 0 Å². The maximum absolute atomic E-state index is 6.31. The van der Waals surface area contributed by atoms with Gasteiger partial charge in [-0.1, -0.05) is 17.7 Å². The van der Waals surface area contributed by atoms with E-state index in [4.69, 9.17) is 21.1 Å². The molecule has 0 unspecified atom stereocenters. The first-order chi connectivity index (χ1) is 14.2. The molecule has 0 amide bonds. The smallest absolute Gasteiger partial charge is 0.163 e. The van der Waals surface area contributed by atoms with E-state index in [1.807, 2.05) is 42.6 Å². The molecule has 4 nitrogen and oxygen atoms in total. The summed E-state index contributed by atoms with van der Waals surface area (Å²) in [6.07, 6.45) is 8.60. The highest BCUT2D eigenvalue weighted by molar-refractivity contribution is 6.30. The second kappa shape index (κ2) is 9.19. The van der Waals surface area contributed by atoms with Crippen molar-refractivity contribution >= 4 is 23.0 Å². The third-order valence-electron chi connectivity index (χ3n) is 5.26. The van der Waals surface area contributed by atoms with Crippen LogP contribution in [0, 0.1) is 0 Å². The molecule has 1 aromatic heterocycles. The summed E-state index contributed by atoms with van der Waals surface area (Å²) >= 11 is 6.12. The predicted octanol–water partition coefficient (Wildman–Crippen LogP) is 6.40. The third-order valence-corrected chi connectivity index (χ3v) is 5.51. The summed E-state index contributed by atoms with van der Waals surface area (Å²) in [5.41, 5.74) is 3.21. The van der Waals surface area contributed by atoms with E-state index in [1.54, 1.807) is 13.3 Å². The Labute approximate surface area is 177 Å². The number of anilines is 2. The lowest BCUT2D eigenvalue weighted by Crippen LogP contribution is -2.17. The normalized spacial score (nSPS) is 14.0. The monoisotopic (exact) mass is 408 g/mol. The topological polar surface area (TPSA) is 34.6 Å². The van der Waals surface area contributed by atoms with Crippen LogP contribution in [-0.2, 0) is 6.54 Å². The molecule has 1 fully saturated rings. The molecule has 1 aliphatic rings. The van der Waals surface area contributed by atoms with Crippen LogP contribution in [0.1, 0.15) is 31.2 Å². The summed E-state index contributed by atoms with van der Waals surface area (Å²) in [4.78, 5) is 6.49. The average Bonchev–Trinajstić information content (AvgIpc) is 3.27. The van der Waals surface area contributed by atoms with Crippen molar-refractivity contribution in [3.8, 4) is 11.5 Å². The first-order valence-corrected chi connectivity index (χ1v) is 10.4. The summed E-state index contributed by atoms with van der Waals surface area (Å²) in [6.45, 7) is 0.685. The minimum absolute atomic E-state index is 0.265. The zero-order chi connectivity index (χ0) is 20.1. The largest absolute Gasteiger partial charge is 0.493 e. The van der Waals surface area contributed by atoms with Crippen molar-refractivity contribution < 1.29 is 9.47 Å². The summed E-state index contributed by atoms with van der Waals surface area (Å²) < 4.78 is 11.9. The zero-order valence-corrected chi connectivity index (χ0v) is 17.3. The molecule has 3 aromatic rings. The molecular weight excluding hydrogens is 384 g/mol. The molecule has 0 N–H and O–H groups in total. The van der Waals surface area contributed by atoms with E-state index in [-0.39, 0.29) is 6.10 Å². The quantitative estimate of drug-likeness (QED) is 0.452. The van der Waals surface area contributed by atoms with Crippen LogP contribution >= 0.6 is 11.6 Å². The van der Waals surface area contributed by atoms with E-state index >= 15 is 0 Å². The van der Waals surface area contributed by atoms with Gasteiger partial charge in [-0.2, -0.15) is 0 Å². The highest BCUT2D eigenvalue weighted by Gasteiger charge is 2.20. The molecule has 1 saturated carbocycles. The highest BCUT2D eigenvalue weighted by atomic mass is 35.5. The van der Waals surface area contributed by atoms with Crippen molar-refractivity contribution in [3.05, 3.63) is 77.6 Å². The molecule has 2 aromatic carbocycles. The summed E-state index contributed by atoms with van der Waals surface area (Å²) in [7, 11) is 1.68. The van der Waals surface area contributed by atoms with Gasteiger partial charge in [-0.05, 0) is 73.7 Å². The molecule has 29 heavy (non-hydrogen) atoms. The Morgan fingerprint density at radius 1 is 1.00 bits per heavy atom. The Morgan fingerprint density at radius 2 is 1.76 bits per heavy atom. The molecular formula is C24H25ClN2O2. The fourth-order valence-corrected chi connectivity index (χ4v) is 3.86. The number of halogens is 1. The lowest BCUT2D eigenvalue weighted by atomic mass is 10.1. The van der Waals surface area contributed by atoms with E-state index in [2.05, 4.69) is 28.1 Å². The van der Waals surface area contributed by atoms with Crippen LogP contribution in [0.5, 0.6) is 11.5 Å². The molecule has 4 rings (SSSR count). The van der Waals surface area contributed by atoms with Gasteiger partial charge in [0.15, 0.2) is 11.5 Å². The number of methoxy groups -OCH3 is 1. The molecule has 150 valence electrons. The van der Waals surface area contributed by atoms with Gasteiger partial charge in [0, 0.05) is 41.4 Å². The van der Waals surface area contributed by atoms with Gasteiger partial charge in [0.1, 0.15) is 0 Å². The van der Waals surface area contributed by atoms with Crippen molar-refractivity contribution in [2.45, 2.75) is 38.3 Å². The van der Waals surface area contributed by atoms with Gasteiger partial charge in [-0.3, -0.25) is 4.98 Å². The number of hydrogen-bond donors (Lipinski definition) is 0. The maximum Gasteiger partial charge on any atom is 0.163 e. The number of ether oxygens (including phenoxy) is 2. The van der Waals surface area contributed by atoms with Crippen LogP contribution in [0.2, 0.25) is 5.02 Å². The molecule has 5 heteroatoms. The van der Waals surface area contributed by atoms with Crippen molar-refractivity contribution in [1.82, 2.24) is 4.98 Å². The predicted molar refractivity (Wildman–Crippen MR) is 117 cm³/mol. The Morgan fingerprint density at radius 3 is 2.45 bits per heavy atom.